The van der Waals surface area contributed by atoms with Gasteiger partial charge in [-0.15, -0.1) is 11.3 Å². The second-order valence-electron chi connectivity index (χ2n) is 8.89. The van der Waals surface area contributed by atoms with Crippen molar-refractivity contribution in [2.24, 2.45) is 5.92 Å². The summed E-state index contributed by atoms with van der Waals surface area (Å²) in [5, 5.41) is 0.783. The Kier molecular flexibility index (Phi) is 6.02. The minimum atomic E-state index is -3.56. The second kappa shape index (κ2) is 8.83. The Morgan fingerprint density at radius 3 is 2.58 bits per heavy atom. The Morgan fingerprint density at radius 1 is 1.15 bits per heavy atom. The molecule has 1 aliphatic carbocycles. The minimum Gasteiger partial charge on any atom is -0.497 e. The summed E-state index contributed by atoms with van der Waals surface area (Å²) >= 11 is 1.66. The maximum absolute atomic E-state index is 13.3. The highest BCUT2D eigenvalue weighted by atomic mass is 32.2. The van der Waals surface area contributed by atoms with E-state index in [-0.39, 0.29) is 10.5 Å². The van der Waals surface area contributed by atoms with Gasteiger partial charge in [0.05, 0.1) is 24.1 Å². The number of methoxy groups -OCH3 is 1. The molecule has 3 aromatic rings. The van der Waals surface area contributed by atoms with Crippen molar-refractivity contribution in [3.05, 3.63) is 51.4 Å². The van der Waals surface area contributed by atoms with E-state index in [1.54, 1.807) is 53.6 Å². The predicted octanol–water partition coefficient (Wildman–Crippen LogP) is 2.56. The summed E-state index contributed by atoms with van der Waals surface area (Å²) in [6.07, 6.45) is 4.72. The Hall–Kier alpha value is -2.27. The molecule has 3 heterocycles. The zero-order valence-electron chi connectivity index (χ0n) is 18.9. The molecule has 0 amide bonds. The van der Waals surface area contributed by atoms with Crippen molar-refractivity contribution in [3.63, 3.8) is 0 Å². The van der Waals surface area contributed by atoms with Crippen LogP contribution >= 0.6 is 11.3 Å². The maximum atomic E-state index is 13.3. The first kappa shape index (κ1) is 22.5. The van der Waals surface area contributed by atoms with E-state index in [4.69, 9.17) is 4.74 Å². The molecule has 1 aromatic carbocycles. The summed E-state index contributed by atoms with van der Waals surface area (Å²) in [6, 6.07) is 6.46. The van der Waals surface area contributed by atoms with Gasteiger partial charge in [0.15, 0.2) is 0 Å². The largest absolute Gasteiger partial charge is 0.497 e. The molecule has 2 aromatic heterocycles. The van der Waals surface area contributed by atoms with E-state index in [1.165, 1.54) is 14.7 Å². The molecule has 0 N–H and O–H groups in total. The number of rotatable bonds is 5. The summed E-state index contributed by atoms with van der Waals surface area (Å²) in [5.41, 5.74) is 1.20. The molecule has 1 atom stereocenters. The van der Waals surface area contributed by atoms with Crippen LogP contribution in [0.1, 0.15) is 23.8 Å². The number of sulfonamides is 1. The number of aromatic nitrogens is 2. The van der Waals surface area contributed by atoms with Crippen LogP contribution in [0.2, 0.25) is 0 Å². The monoisotopic (exact) mass is 488 g/mol. The number of hydrogen-bond donors (Lipinski definition) is 0. The predicted molar refractivity (Wildman–Crippen MR) is 128 cm³/mol. The lowest BCUT2D eigenvalue weighted by Crippen LogP contribution is -2.49. The number of hydrogen-bond acceptors (Lipinski definition) is 7. The summed E-state index contributed by atoms with van der Waals surface area (Å²) in [7, 11) is -2.01. The third kappa shape index (κ3) is 4.21. The SMILES string of the molecule is COc1ccc(S(=O)(=O)N2CCN(Cn3cnc4sc5c(c4c3=O)CC[C@H](C)C5)CC2)cc1. The van der Waals surface area contributed by atoms with E-state index in [0.29, 0.717) is 44.5 Å². The van der Waals surface area contributed by atoms with Crippen molar-refractivity contribution < 1.29 is 13.2 Å². The standard InChI is InChI=1S/C23H28N4O4S2/c1-16-3-8-19-20(13-16)32-22-21(19)23(28)26(14-24-22)15-25-9-11-27(12-10-25)33(29,30)18-6-4-17(31-2)5-7-18/h4-7,14,16H,3,8-13,15H2,1-2H3/t16-/m0/s1. The molecule has 1 saturated heterocycles. The van der Waals surface area contributed by atoms with Crippen LogP contribution in [0.15, 0.2) is 40.3 Å². The number of aryl methyl sites for hydroxylation is 1. The average Bonchev–Trinajstić information content (AvgIpc) is 3.19. The van der Waals surface area contributed by atoms with E-state index in [1.807, 2.05) is 0 Å². The first-order chi connectivity index (χ1) is 15.9. The van der Waals surface area contributed by atoms with E-state index < -0.39 is 10.0 Å². The molecular formula is C23H28N4O4S2. The average molecular weight is 489 g/mol. The van der Waals surface area contributed by atoms with E-state index in [2.05, 4.69) is 16.8 Å². The van der Waals surface area contributed by atoms with Crippen LogP contribution in [-0.2, 0) is 29.5 Å². The lowest BCUT2D eigenvalue weighted by atomic mass is 9.89. The van der Waals surface area contributed by atoms with Gasteiger partial charge in [-0.05, 0) is 55.0 Å². The first-order valence-electron chi connectivity index (χ1n) is 11.2. The van der Waals surface area contributed by atoms with Crippen molar-refractivity contribution >= 4 is 31.6 Å². The number of benzene rings is 1. The third-order valence-electron chi connectivity index (χ3n) is 6.66. The first-order valence-corrected chi connectivity index (χ1v) is 13.5. The zero-order chi connectivity index (χ0) is 23.2. The van der Waals surface area contributed by atoms with Crippen LogP contribution in [-0.4, -0.2) is 60.5 Å². The maximum Gasteiger partial charge on any atom is 0.263 e. The second-order valence-corrected chi connectivity index (χ2v) is 11.9. The molecule has 0 radical (unpaired) electrons. The Labute approximate surface area is 197 Å². The van der Waals surface area contributed by atoms with Gasteiger partial charge in [0.1, 0.15) is 16.9 Å². The van der Waals surface area contributed by atoms with Crippen LogP contribution in [0.25, 0.3) is 10.2 Å². The number of nitrogens with zero attached hydrogens (tertiary/aromatic N) is 4. The molecule has 0 spiro atoms. The molecule has 1 aliphatic heterocycles. The lowest BCUT2D eigenvalue weighted by Gasteiger charge is -2.34. The highest BCUT2D eigenvalue weighted by Gasteiger charge is 2.29. The van der Waals surface area contributed by atoms with Crippen molar-refractivity contribution in [1.29, 1.82) is 0 Å². The summed E-state index contributed by atoms with van der Waals surface area (Å²) in [4.78, 5) is 22.4. The van der Waals surface area contributed by atoms with Gasteiger partial charge in [0.25, 0.3) is 5.56 Å². The van der Waals surface area contributed by atoms with Crippen LogP contribution < -0.4 is 10.3 Å². The van der Waals surface area contributed by atoms with Gasteiger partial charge >= 0.3 is 0 Å². The molecule has 10 heteroatoms. The molecule has 2 aliphatic rings. The Balaban J connectivity index is 1.29. The molecular weight excluding hydrogens is 460 g/mol. The Morgan fingerprint density at radius 2 is 1.88 bits per heavy atom. The van der Waals surface area contributed by atoms with Crippen molar-refractivity contribution in [1.82, 2.24) is 18.8 Å². The van der Waals surface area contributed by atoms with E-state index in [9.17, 15) is 13.2 Å². The van der Waals surface area contributed by atoms with E-state index >= 15 is 0 Å². The molecule has 0 bridgehead atoms. The molecule has 0 saturated carbocycles. The number of thiophene rings is 1. The summed E-state index contributed by atoms with van der Waals surface area (Å²) in [5.74, 6) is 1.27. The normalized spacial score (nSPS) is 20.1. The Bertz CT molecular complexity index is 1320. The third-order valence-corrected chi connectivity index (χ3v) is 9.74. The van der Waals surface area contributed by atoms with E-state index in [0.717, 1.165) is 29.5 Å². The highest BCUT2D eigenvalue weighted by molar-refractivity contribution is 7.89. The fourth-order valence-electron chi connectivity index (χ4n) is 4.69. The van der Waals surface area contributed by atoms with Crippen LogP contribution in [0, 0.1) is 5.92 Å². The van der Waals surface area contributed by atoms with Gasteiger partial charge < -0.3 is 4.74 Å². The van der Waals surface area contributed by atoms with Crippen LogP contribution in [0.5, 0.6) is 5.75 Å². The van der Waals surface area contributed by atoms with Gasteiger partial charge in [0.2, 0.25) is 10.0 Å². The van der Waals surface area contributed by atoms with Gasteiger partial charge in [-0.3, -0.25) is 14.3 Å². The van der Waals surface area contributed by atoms with Crippen LogP contribution in [0.3, 0.4) is 0 Å². The number of ether oxygens (including phenoxy) is 1. The summed E-state index contributed by atoms with van der Waals surface area (Å²) < 4.78 is 34.3. The van der Waals surface area contributed by atoms with Crippen molar-refractivity contribution in [2.75, 3.05) is 33.3 Å². The fourth-order valence-corrected chi connectivity index (χ4v) is 7.45. The van der Waals surface area contributed by atoms with Crippen molar-refractivity contribution in [2.45, 2.75) is 37.8 Å². The number of piperazine rings is 1. The highest BCUT2D eigenvalue weighted by Crippen LogP contribution is 2.35. The van der Waals surface area contributed by atoms with Crippen molar-refractivity contribution in [3.8, 4) is 5.75 Å². The molecule has 0 unspecified atom stereocenters. The summed E-state index contributed by atoms with van der Waals surface area (Å²) in [6.45, 7) is 4.54. The quantitative estimate of drug-likeness (QED) is 0.549. The molecule has 1 fully saturated rings. The number of fused-ring (bicyclic) bond motifs is 3. The lowest BCUT2D eigenvalue weighted by molar-refractivity contribution is 0.150. The van der Waals surface area contributed by atoms with Crippen LogP contribution in [0.4, 0.5) is 0 Å². The van der Waals surface area contributed by atoms with Gasteiger partial charge in [-0.1, -0.05) is 6.92 Å². The molecule has 33 heavy (non-hydrogen) atoms. The van der Waals surface area contributed by atoms with Gasteiger partial charge in [0, 0.05) is 31.1 Å². The fraction of sp³-hybridized carbons (Fsp3) is 0.478. The zero-order valence-corrected chi connectivity index (χ0v) is 20.5. The molecule has 5 rings (SSSR count). The molecule has 8 nitrogen and oxygen atoms in total. The molecule has 176 valence electrons. The smallest absolute Gasteiger partial charge is 0.263 e. The minimum absolute atomic E-state index is 0.0142. The van der Waals surface area contributed by atoms with Gasteiger partial charge in [-0.25, -0.2) is 13.4 Å². The van der Waals surface area contributed by atoms with Gasteiger partial charge in [-0.2, -0.15) is 4.31 Å². The topological polar surface area (TPSA) is 84.7 Å².